The maximum absolute atomic E-state index is 12.8. The van der Waals surface area contributed by atoms with Crippen LogP contribution in [0.4, 0.5) is 4.79 Å². The van der Waals surface area contributed by atoms with E-state index >= 15 is 0 Å². The van der Waals surface area contributed by atoms with Gasteiger partial charge in [0, 0.05) is 20.0 Å². The Morgan fingerprint density at radius 2 is 1.69 bits per heavy atom. The lowest BCUT2D eigenvalue weighted by atomic mass is 9.95. The Kier molecular flexibility index (Phi) is 8.00. The molecule has 0 saturated heterocycles. The van der Waals surface area contributed by atoms with Crippen molar-refractivity contribution in [3.8, 4) is 0 Å². The summed E-state index contributed by atoms with van der Waals surface area (Å²) < 4.78 is 0. The van der Waals surface area contributed by atoms with Crippen LogP contribution >= 0.6 is 0 Å². The Morgan fingerprint density at radius 3 is 2.31 bits per heavy atom. The molecule has 2 rings (SSSR count). The number of rotatable bonds is 9. The zero-order valence-electron chi connectivity index (χ0n) is 17.1. The predicted octanol–water partition coefficient (Wildman–Crippen LogP) is 2.54. The van der Waals surface area contributed by atoms with Gasteiger partial charge in [-0.2, -0.15) is 0 Å². The second kappa shape index (κ2) is 10.5. The lowest BCUT2D eigenvalue weighted by molar-refractivity contribution is -0.131. The molecule has 0 bridgehead atoms. The van der Waals surface area contributed by atoms with E-state index in [1.54, 1.807) is 0 Å². The van der Waals surface area contributed by atoms with Crippen LogP contribution in [0.25, 0.3) is 10.8 Å². The molecule has 0 radical (unpaired) electrons. The maximum atomic E-state index is 12.8. The fourth-order valence-corrected chi connectivity index (χ4v) is 3.34. The molecule has 7 heteroatoms. The van der Waals surface area contributed by atoms with Crippen LogP contribution in [0.1, 0.15) is 25.8 Å². The minimum absolute atomic E-state index is 0.00971. The van der Waals surface area contributed by atoms with Crippen LogP contribution in [0.15, 0.2) is 42.5 Å². The second-order valence-electron chi connectivity index (χ2n) is 7.57. The van der Waals surface area contributed by atoms with Gasteiger partial charge in [-0.05, 0) is 28.7 Å². The van der Waals surface area contributed by atoms with Crippen molar-refractivity contribution in [3.05, 3.63) is 48.0 Å². The van der Waals surface area contributed by atoms with Crippen molar-refractivity contribution in [1.82, 2.24) is 16.0 Å². The maximum Gasteiger partial charge on any atom is 0.404 e. The standard InChI is InChI=1S/C22H29N3O4/c1-14(2)10-18(13-24-22(28)29)20(26)25-19(21(27)23-3)12-15-8-9-16-6-4-5-7-17(16)11-15/h4-9,11,14,18-19,24H,10,12-13H2,1-3H3,(H,23,27)(H,25,26)(H,28,29)/t18?,19-/m0/s1. The van der Waals surface area contributed by atoms with Crippen molar-refractivity contribution < 1.29 is 19.5 Å². The van der Waals surface area contributed by atoms with Crippen molar-refractivity contribution in [2.24, 2.45) is 11.8 Å². The first-order chi connectivity index (χ1) is 13.8. The summed E-state index contributed by atoms with van der Waals surface area (Å²) >= 11 is 0. The minimum Gasteiger partial charge on any atom is -0.465 e. The van der Waals surface area contributed by atoms with Gasteiger partial charge < -0.3 is 21.1 Å². The Labute approximate surface area is 170 Å². The zero-order chi connectivity index (χ0) is 21.4. The smallest absolute Gasteiger partial charge is 0.404 e. The molecule has 7 nitrogen and oxygen atoms in total. The molecule has 0 aliphatic heterocycles. The molecule has 0 aromatic heterocycles. The lowest BCUT2D eigenvalue weighted by Gasteiger charge is -2.23. The first-order valence-electron chi connectivity index (χ1n) is 9.76. The van der Waals surface area contributed by atoms with E-state index in [2.05, 4.69) is 16.0 Å². The van der Waals surface area contributed by atoms with Crippen LogP contribution in [-0.2, 0) is 16.0 Å². The number of amides is 3. The molecule has 3 amide bonds. The van der Waals surface area contributed by atoms with Crippen molar-refractivity contribution in [3.63, 3.8) is 0 Å². The van der Waals surface area contributed by atoms with Crippen molar-refractivity contribution >= 4 is 28.7 Å². The molecular weight excluding hydrogens is 370 g/mol. The summed E-state index contributed by atoms with van der Waals surface area (Å²) in [6, 6.07) is 13.1. The normalized spacial score (nSPS) is 13.0. The molecule has 2 aromatic rings. The van der Waals surface area contributed by atoms with Gasteiger partial charge in [-0.3, -0.25) is 9.59 Å². The summed E-state index contributed by atoms with van der Waals surface area (Å²) in [5.74, 6) is -0.960. The highest BCUT2D eigenvalue weighted by Gasteiger charge is 2.26. The van der Waals surface area contributed by atoms with Gasteiger partial charge in [0.1, 0.15) is 6.04 Å². The number of fused-ring (bicyclic) bond motifs is 1. The SMILES string of the molecule is CNC(=O)[C@H](Cc1ccc2ccccc2c1)NC(=O)C(CNC(=O)O)CC(C)C. The highest BCUT2D eigenvalue weighted by atomic mass is 16.4. The third-order valence-electron chi connectivity index (χ3n) is 4.76. The number of hydrogen-bond donors (Lipinski definition) is 4. The molecule has 4 N–H and O–H groups in total. The van der Waals surface area contributed by atoms with E-state index in [4.69, 9.17) is 5.11 Å². The number of hydrogen-bond acceptors (Lipinski definition) is 3. The van der Waals surface area contributed by atoms with Crippen LogP contribution in [0.3, 0.4) is 0 Å². The molecule has 2 atom stereocenters. The number of carboxylic acid groups (broad SMARTS) is 1. The Morgan fingerprint density at radius 1 is 1.00 bits per heavy atom. The van der Waals surface area contributed by atoms with Crippen LogP contribution in [-0.4, -0.2) is 42.6 Å². The van der Waals surface area contributed by atoms with E-state index < -0.39 is 18.1 Å². The molecule has 0 aliphatic rings. The van der Waals surface area contributed by atoms with E-state index in [0.717, 1.165) is 16.3 Å². The molecule has 1 unspecified atom stereocenters. The molecule has 2 aromatic carbocycles. The first kappa shape index (κ1) is 22.2. The molecule has 0 fully saturated rings. The second-order valence-corrected chi connectivity index (χ2v) is 7.57. The van der Waals surface area contributed by atoms with Crippen LogP contribution in [0.5, 0.6) is 0 Å². The van der Waals surface area contributed by atoms with Crippen molar-refractivity contribution in [1.29, 1.82) is 0 Å². The van der Waals surface area contributed by atoms with Gasteiger partial charge in [0.05, 0.1) is 5.92 Å². The van der Waals surface area contributed by atoms with Crippen LogP contribution in [0, 0.1) is 11.8 Å². The van der Waals surface area contributed by atoms with Crippen molar-refractivity contribution in [2.45, 2.75) is 32.7 Å². The third kappa shape index (κ3) is 6.78. The molecule has 0 spiro atoms. The molecule has 0 saturated carbocycles. The Balaban J connectivity index is 2.15. The van der Waals surface area contributed by atoms with Crippen LogP contribution < -0.4 is 16.0 Å². The van der Waals surface area contributed by atoms with Gasteiger partial charge in [-0.25, -0.2) is 4.79 Å². The quantitative estimate of drug-likeness (QED) is 0.520. The van der Waals surface area contributed by atoms with Gasteiger partial charge in [-0.1, -0.05) is 56.3 Å². The highest BCUT2D eigenvalue weighted by molar-refractivity contribution is 5.89. The molecular formula is C22H29N3O4. The van der Waals surface area contributed by atoms with E-state index in [1.165, 1.54) is 7.05 Å². The van der Waals surface area contributed by atoms with Gasteiger partial charge in [-0.15, -0.1) is 0 Å². The summed E-state index contributed by atoms with van der Waals surface area (Å²) in [5, 5.41) is 18.7. The van der Waals surface area contributed by atoms with Gasteiger partial charge in [0.15, 0.2) is 0 Å². The first-order valence-corrected chi connectivity index (χ1v) is 9.76. The summed E-state index contributed by atoms with van der Waals surface area (Å²) in [6.07, 6.45) is -0.315. The summed E-state index contributed by atoms with van der Waals surface area (Å²) in [4.78, 5) is 36.0. The monoisotopic (exact) mass is 399 g/mol. The highest BCUT2D eigenvalue weighted by Crippen LogP contribution is 2.17. The molecule has 0 aliphatic carbocycles. The number of carbonyl (C=O) groups is 3. The lowest BCUT2D eigenvalue weighted by Crippen LogP contribution is -2.50. The topological polar surface area (TPSA) is 108 Å². The summed E-state index contributed by atoms with van der Waals surface area (Å²) in [6.45, 7) is 3.94. The molecule has 29 heavy (non-hydrogen) atoms. The third-order valence-corrected chi connectivity index (χ3v) is 4.76. The number of likely N-dealkylation sites (N-methyl/N-ethyl adjacent to an activating group) is 1. The van der Waals surface area contributed by atoms with E-state index in [0.29, 0.717) is 12.8 Å². The van der Waals surface area contributed by atoms with E-state index in [9.17, 15) is 14.4 Å². The Hall–Kier alpha value is -3.09. The Bertz CT molecular complexity index is 866. The average molecular weight is 399 g/mol. The van der Waals surface area contributed by atoms with E-state index in [-0.39, 0.29) is 24.3 Å². The number of benzene rings is 2. The van der Waals surface area contributed by atoms with Gasteiger partial charge in [0.25, 0.3) is 0 Å². The largest absolute Gasteiger partial charge is 0.465 e. The number of nitrogens with one attached hydrogen (secondary N) is 3. The fraction of sp³-hybridized carbons (Fsp3) is 0.409. The zero-order valence-corrected chi connectivity index (χ0v) is 17.1. The average Bonchev–Trinajstić information content (AvgIpc) is 2.69. The van der Waals surface area contributed by atoms with E-state index in [1.807, 2.05) is 56.3 Å². The number of carbonyl (C=O) groups excluding carboxylic acids is 2. The van der Waals surface area contributed by atoms with Gasteiger partial charge >= 0.3 is 6.09 Å². The predicted molar refractivity (Wildman–Crippen MR) is 113 cm³/mol. The summed E-state index contributed by atoms with van der Waals surface area (Å²) in [7, 11) is 1.53. The van der Waals surface area contributed by atoms with Gasteiger partial charge in [0.2, 0.25) is 11.8 Å². The minimum atomic E-state index is -1.18. The molecule has 156 valence electrons. The molecule has 0 heterocycles. The van der Waals surface area contributed by atoms with Crippen molar-refractivity contribution in [2.75, 3.05) is 13.6 Å². The van der Waals surface area contributed by atoms with Crippen LogP contribution in [0.2, 0.25) is 0 Å². The summed E-state index contributed by atoms with van der Waals surface area (Å²) in [5.41, 5.74) is 0.932. The fourth-order valence-electron chi connectivity index (χ4n) is 3.34.